The number of hydrogen-bond donors (Lipinski definition) is 1. The Morgan fingerprint density at radius 1 is 1.06 bits per heavy atom. The van der Waals surface area contributed by atoms with Crippen LogP contribution in [0.25, 0.3) is 17.2 Å². The molecule has 1 aliphatic carbocycles. The smallest absolute Gasteiger partial charge is 0.254 e. The Morgan fingerprint density at radius 2 is 1.87 bits per heavy atom. The van der Waals surface area contributed by atoms with Gasteiger partial charge in [-0.25, -0.2) is 14.6 Å². The molecular formula is C24H28N6O. The average molecular weight is 417 g/mol. The van der Waals surface area contributed by atoms with Crippen LogP contribution in [-0.4, -0.2) is 56.7 Å². The molecule has 2 aromatic heterocycles. The Kier molecular flexibility index (Phi) is 5.51. The number of benzene rings is 1. The van der Waals surface area contributed by atoms with Crippen molar-refractivity contribution < 1.29 is 4.79 Å². The van der Waals surface area contributed by atoms with Crippen molar-refractivity contribution in [3.05, 3.63) is 59.0 Å². The summed E-state index contributed by atoms with van der Waals surface area (Å²) in [7, 11) is 0. The van der Waals surface area contributed by atoms with Gasteiger partial charge < -0.3 is 10.2 Å². The highest BCUT2D eigenvalue weighted by atomic mass is 16.1. The van der Waals surface area contributed by atoms with Crippen molar-refractivity contribution in [3.63, 3.8) is 0 Å². The van der Waals surface area contributed by atoms with Crippen LogP contribution >= 0.6 is 0 Å². The van der Waals surface area contributed by atoms with Crippen molar-refractivity contribution in [3.8, 4) is 17.2 Å². The molecule has 1 amide bonds. The minimum Gasteiger partial charge on any atom is -0.351 e. The molecule has 0 bridgehead atoms. The number of amides is 1. The molecule has 0 saturated carbocycles. The van der Waals surface area contributed by atoms with Crippen LogP contribution in [0.3, 0.4) is 0 Å². The van der Waals surface area contributed by atoms with Gasteiger partial charge in [0, 0.05) is 24.8 Å². The molecule has 7 nitrogen and oxygen atoms in total. The molecule has 0 spiro atoms. The van der Waals surface area contributed by atoms with E-state index in [1.165, 1.54) is 29.5 Å². The van der Waals surface area contributed by atoms with E-state index in [2.05, 4.69) is 44.6 Å². The summed E-state index contributed by atoms with van der Waals surface area (Å²) < 4.78 is 1.67. The summed E-state index contributed by atoms with van der Waals surface area (Å²) in [4.78, 5) is 24.5. The molecule has 0 radical (unpaired) electrons. The maximum Gasteiger partial charge on any atom is 0.254 e. The van der Waals surface area contributed by atoms with E-state index in [1.54, 1.807) is 10.9 Å². The Hall–Kier alpha value is -3.06. The predicted molar refractivity (Wildman–Crippen MR) is 119 cm³/mol. The SMILES string of the molecule is Cc1c(C(=O)NCCN2CCCC2)cnn1-c1ncc2c(n1)-c1ccccc1CCC2. The van der Waals surface area contributed by atoms with Gasteiger partial charge in [-0.05, 0) is 63.2 Å². The second kappa shape index (κ2) is 8.59. The van der Waals surface area contributed by atoms with Crippen LogP contribution in [-0.2, 0) is 12.8 Å². The number of aryl methyl sites for hydroxylation is 2. The Balaban J connectivity index is 1.38. The van der Waals surface area contributed by atoms with Crippen molar-refractivity contribution in [2.24, 2.45) is 0 Å². The standard InChI is InChI=1S/C24H28N6O/c1-17-21(23(31)25-11-14-29-12-4-5-13-29)16-27-30(17)24-26-15-19-9-6-8-18-7-2-3-10-20(18)22(19)28-24/h2-3,7,10,15-16H,4-6,8-9,11-14H2,1H3,(H,25,31). The minimum atomic E-state index is -0.0944. The Labute approximate surface area is 182 Å². The molecule has 5 rings (SSSR count). The van der Waals surface area contributed by atoms with E-state index < -0.39 is 0 Å². The first kappa shape index (κ1) is 19.9. The van der Waals surface area contributed by atoms with Crippen molar-refractivity contribution in [2.45, 2.75) is 39.0 Å². The number of nitrogens with one attached hydrogen (secondary N) is 1. The quantitative estimate of drug-likeness (QED) is 0.692. The number of aromatic nitrogens is 4. The normalized spacial score (nSPS) is 15.9. The van der Waals surface area contributed by atoms with Gasteiger partial charge in [0.05, 0.1) is 23.1 Å². The molecule has 2 aliphatic rings. The highest BCUT2D eigenvalue weighted by Crippen LogP contribution is 2.31. The zero-order valence-electron chi connectivity index (χ0n) is 18.0. The molecule has 1 aromatic carbocycles. The maximum absolute atomic E-state index is 12.7. The van der Waals surface area contributed by atoms with Gasteiger partial charge in [0.2, 0.25) is 0 Å². The van der Waals surface area contributed by atoms with E-state index in [9.17, 15) is 4.79 Å². The van der Waals surface area contributed by atoms with Gasteiger partial charge in [-0.3, -0.25) is 4.79 Å². The summed E-state index contributed by atoms with van der Waals surface area (Å²) in [5.41, 5.74) is 5.95. The topological polar surface area (TPSA) is 75.9 Å². The third-order valence-corrected chi connectivity index (χ3v) is 6.37. The molecular weight excluding hydrogens is 388 g/mol. The molecule has 3 aromatic rings. The minimum absolute atomic E-state index is 0.0944. The van der Waals surface area contributed by atoms with Crippen LogP contribution in [0.5, 0.6) is 0 Å². The third kappa shape index (κ3) is 3.97. The van der Waals surface area contributed by atoms with E-state index in [1.807, 2.05) is 13.1 Å². The fourth-order valence-electron chi connectivity index (χ4n) is 4.62. The van der Waals surface area contributed by atoms with Gasteiger partial charge in [0.25, 0.3) is 11.9 Å². The third-order valence-electron chi connectivity index (χ3n) is 6.37. The van der Waals surface area contributed by atoms with Crippen LogP contribution in [0.15, 0.2) is 36.7 Å². The summed E-state index contributed by atoms with van der Waals surface area (Å²) in [6, 6.07) is 8.44. The molecule has 0 atom stereocenters. The highest BCUT2D eigenvalue weighted by molar-refractivity contribution is 5.95. The lowest BCUT2D eigenvalue weighted by molar-refractivity contribution is 0.0949. The number of rotatable bonds is 5. The molecule has 1 saturated heterocycles. The fourth-order valence-corrected chi connectivity index (χ4v) is 4.62. The maximum atomic E-state index is 12.7. The zero-order valence-corrected chi connectivity index (χ0v) is 18.0. The summed E-state index contributed by atoms with van der Waals surface area (Å²) in [5, 5.41) is 7.47. The number of nitrogens with zero attached hydrogens (tertiary/aromatic N) is 5. The number of fused-ring (bicyclic) bond motifs is 3. The van der Waals surface area contributed by atoms with Gasteiger partial charge >= 0.3 is 0 Å². The second-order valence-corrected chi connectivity index (χ2v) is 8.41. The number of hydrogen-bond acceptors (Lipinski definition) is 5. The van der Waals surface area contributed by atoms with Crippen LogP contribution < -0.4 is 5.32 Å². The van der Waals surface area contributed by atoms with Crippen molar-refractivity contribution in [1.29, 1.82) is 0 Å². The van der Waals surface area contributed by atoms with Crippen molar-refractivity contribution in [1.82, 2.24) is 30.0 Å². The molecule has 1 N–H and O–H groups in total. The lowest BCUT2D eigenvalue weighted by atomic mass is 10.0. The van der Waals surface area contributed by atoms with Crippen molar-refractivity contribution >= 4 is 5.91 Å². The molecule has 1 aliphatic heterocycles. The molecule has 31 heavy (non-hydrogen) atoms. The predicted octanol–water partition coefficient (Wildman–Crippen LogP) is 2.95. The summed E-state index contributed by atoms with van der Waals surface area (Å²) in [6.07, 6.45) is 9.14. The number of carbonyl (C=O) groups is 1. The molecule has 3 heterocycles. The van der Waals surface area contributed by atoms with Gasteiger partial charge in [-0.15, -0.1) is 0 Å². The lowest BCUT2D eigenvalue weighted by Gasteiger charge is -2.14. The number of likely N-dealkylation sites (tertiary alicyclic amines) is 1. The van der Waals surface area contributed by atoms with Gasteiger partial charge in [-0.1, -0.05) is 24.3 Å². The second-order valence-electron chi connectivity index (χ2n) is 8.41. The van der Waals surface area contributed by atoms with E-state index in [4.69, 9.17) is 4.98 Å². The first-order valence-corrected chi connectivity index (χ1v) is 11.2. The Bertz CT molecular complexity index is 1100. The largest absolute Gasteiger partial charge is 0.351 e. The van der Waals surface area contributed by atoms with E-state index in [0.717, 1.165) is 50.3 Å². The first-order chi connectivity index (χ1) is 15.2. The van der Waals surface area contributed by atoms with Crippen LogP contribution in [0, 0.1) is 6.92 Å². The fraction of sp³-hybridized carbons (Fsp3) is 0.417. The molecule has 1 fully saturated rings. The monoisotopic (exact) mass is 416 g/mol. The van der Waals surface area contributed by atoms with Gasteiger partial charge in [0.1, 0.15) is 0 Å². The molecule has 160 valence electrons. The number of carbonyl (C=O) groups excluding carboxylic acids is 1. The molecule has 7 heteroatoms. The summed E-state index contributed by atoms with van der Waals surface area (Å²) in [5.74, 6) is 0.409. The van der Waals surface area contributed by atoms with Gasteiger partial charge in [0.15, 0.2) is 0 Å². The van der Waals surface area contributed by atoms with Crippen molar-refractivity contribution in [2.75, 3.05) is 26.2 Å². The zero-order chi connectivity index (χ0) is 21.2. The van der Waals surface area contributed by atoms with E-state index >= 15 is 0 Å². The Morgan fingerprint density at radius 3 is 2.74 bits per heavy atom. The molecule has 0 unspecified atom stereocenters. The van der Waals surface area contributed by atoms with Crippen LogP contribution in [0.4, 0.5) is 0 Å². The van der Waals surface area contributed by atoms with Crippen LogP contribution in [0.2, 0.25) is 0 Å². The first-order valence-electron chi connectivity index (χ1n) is 11.2. The van der Waals surface area contributed by atoms with E-state index in [0.29, 0.717) is 18.1 Å². The summed E-state index contributed by atoms with van der Waals surface area (Å²) in [6.45, 7) is 5.70. The lowest BCUT2D eigenvalue weighted by Crippen LogP contribution is -2.33. The summed E-state index contributed by atoms with van der Waals surface area (Å²) >= 11 is 0. The average Bonchev–Trinajstić information content (AvgIpc) is 3.40. The van der Waals surface area contributed by atoms with Gasteiger partial charge in [-0.2, -0.15) is 5.10 Å². The van der Waals surface area contributed by atoms with Crippen LogP contribution in [0.1, 0.15) is 46.4 Å². The van der Waals surface area contributed by atoms with E-state index in [-0.39, 0.29) is 5.91 Å². The highest BCUT2D eigenvalue weighted by Gasteiger charge is 2.20.